The highest BCUT2D eigenvalue weighted by molar-refractivity contribution is 5.87. The van der Waals surface area contributed by atoms with Crippen LogP contribution in [-0.4, -0.2) is 18.4 Å². The monoisotopic (exact) mass is 341 g/mol. The van der Waals surface area contributed by atoms with Gasteiger partial charge in [0.2, 0.25) is 0 Å². The Kier molecular flexibility index (Phi) is 4.94. The van der Waals surface area contributed by atoms with Gasteiger partial charge in [0.1, 0.15) is 0 Å². The third-order valence-electron chi connectivity index (χ3n) is 5.03. The fourth-order valence-corrected chi connectivity index (χ4v) is 3.67. The lowest BCUT2D eigenvalue weighted by Gasteiger charge is -2.13. The van der Waals surface area contributed by atoms with Crippen molar-refractivity contribution in [2.24, 2.45) is 0 Å². The van der Waals surface area contributed by atoms with Crippen molar-refractivity contribution in [2.45, 2.75) is 25.3 Å². The molecule has 0 bridgehead atoms. The van der Waals surface area contributed by atoms with Crippen molar-refractivity contribution >= 4 is 5.78 Å². The van der Waals surface area contributed by atoms with Crippen molar-refractivity contribution in [1.82, 2.24) is 5.32 Å². The Morgan fingerprint density at radius 1 is 0.808 bits per heavy atom. The van der Waals surface area contributed by atoms with Crippen LogP contribution in [0.3, 0.4) is 0 Å². The van der Waals surface area contributed by atoms with Gasteiger partial charge in [-0.15, -0.1) is 0 Å². The second kappa shape index (κ2) is 7.67. The Balaban J connectivity index is 1.71. The van der Waals surface area contributed by atoms with Crippen LogP contribution < -0.4 is 5.32 Å². The number of nitrogens with one attached hydrogen (secondary N) is 1. The first-order chi connectivity index (χ1) is 12.8. The molecule has 1 saturated heterocycles. The molecular weight excluding hydrogens is 318 g/mol. The summed E-state index contributed by atoms with van der Waals surface area (Å²) in [6.45, 7) is 0.954. The summed E-state index contributed by atoms with van der Waals surface area (Å²) in [7, 11) is 0. The molecule has 3 aromatic carbocycles. The van der Waals surface area contributed by atoms with Crippen LogP contribution in [0.25, 0.3) is 22.3 Å². The minimum absolute atomic E-state index is 0.0237. The number of hydrogen-bond acceptors (Lipinski definition) is 2. The average Bonchev–Trinajstić information content (AvgIpc) is 3.24. The van der Waals surface area contributed by atoms with Crippen LogP contribution in [0.4, 0.5) is 0 Å². The van der Waals surface area contributed by atoms with E-state index in [-0.39, 0.29) is 6.04 Å². The van der Waals surface area contributed by atoms with Crippen molar-refractivity contribution in [3.63, 3.8) is 0 Å². The minimum Gasteiger partial charge on any atom is -0.307 e. The zero-order valence-electron chi connectivity index (χ0n) is 14.8. The van der Waals surface area contributed by atoms with E-state index < -0.39 is 0 Å². The lowest BCUT2D eigenvalue weighted by Crippen LogP contribution is -2.31. The van der Waals surface area contributed by atoms with E-state index in [4.69, 9.17) is 0 Å². The number of rotatable bonds is 5. The van der Waals surface area contributed by atoms with Gasteiger partial charge in [-0.1, -0.05) is 72.8 Å². The van der Waals surface area contributed by atoms with E-state index in [1.54, 1.807) is 0 Å². The number of hydrogen-bond donors (Lipinski definition) is 1. The van der Waals surface area contributed by atoms with Gasteiger partial charge in [-0.25, -0.2) is 0 Å². The molecule has 0 aromatic heterocycles. The largest absolute Gasteiger partial charge is 0.307 e. The van der Waals surface area contributed by atoms with Gasteiger partial charge in [0.15, 0.2) is 5.78 Å². The molecule has 4 rings (SSSR count). The Hall–Kier alpha value is -2.71. The molecule has 0 aliphatic carbocycles. The van der Waals surface area contributed by atoms with Crippen molar-refractivity contribution in [2.75, 3.05) is 6.54 Å². The van der Waals surface area contributed by atoms with E-state index in [1.807, 2.05) is 12.1 Å². The van der Waals surface area contributed by atoms with Crippen molar-refractivity contribution in [1.29, 1.82) is 0 Å². The first kappa shape index (κ1) is 16.7. The SMILES string of the molecule is O=C(Cc1cc(-c2ccccc2)cc(-c2ccccc2)c1)C1CCCN1. The molecule has 0 amide bonds. The van der Waals surface area contributed by atoms with E-state index in [0.717, 1.165) is 36.1 Å². The van der Waals surface area contributed by atoms with Gasteiger partial charge in [-0.3, -0.25) is 4.79 Å². The minimum atomic E-state index is 0.0237. The summed E-state index contributed by atoms with van der Waals surface area (Å²) in [6.07, 6.45) is 2.54. The Bertz CT molecular complexity index is 823. The van der Waals surface area contributed by atoms with Gasteiger partial charge < -0.3 is 5.32 Å². The second-order valence-corrected chi connectivity index (χ2v) is 6.94. The summed E-state index contributed by atoms with van der Waals surface area (Å²) in [5.74, 6) is 0.298. The van der Waals surface area contributed by atoms with E-state index >= 15 is 0 Å². The quantitative estimate of drug-likeness (QED) is 0.716. The first-order valence-corrected chi connectivity index (χ1v) is 9.30. The molecule has 1 aliphatic rings. The maximum atomic E-state index is 12.6. The van der Waals surface area contributed by atoms with Crippen LogP contribution in [0, 0.1) is 0 Å². The maximum absolute atomic E-state index is 12.6. The molecule has 130 valence electrons. The summed E-state index contributed by atoms with van der Waals surface area (Å²) in [4.78, 5) is 12.6. The number of carbonyl (C=O) groups is 1. The summed E-state index contributed by atoms with van der Waals surface area (Å²) >= 11 is 0. The Labute approximate surface area is 154 Å². The highest BCUT2D eigenvalue weighted by Gasteiger charge is 2.22. The van der Waals surface area contributed by atoms with E-state index in [1.165, 1.54) is 11.1 Å². The molecule has 1 atom stereocenters. The summed E-state index contributed by atoms with van der Waals surface area (Å²) in [5, 5.41) is 3.32. The second-order valence-electron chi connectivity index (χ2n) is 6.94. The van der Waals surface area contributed by atoms with Gasteiger partial charge in [-0.2, -0.15) is 0 Å². The molecule has 1 N–H and O–H groups in total. The lowest BCUT2D eigenvalue weighted by molar-refractivity contribution is -0.120. The number of benzene rings is 3. The summed E-state index contributed by atoms with van der Waals surface area (Å²) in [6, 6.07) is 27.3. The smallest absolute Gasteiger partial charge is 0.154 e. The van der Waals surface area contributed by atoms with Crippen LogP contribution in [-0.2, 0) is 11.2 Å². The van der Waals surface area contributed by atoms with Crippen molar-refractivity contribution in [3.05, 3.63) is 84.4 Å². The number of Topliss-reactive ketones (excluding diaryl/α,β-unsaturated/α-hetero) is 1. The van der Waals surface area contributed by atoms with Crippen LogP contribution in [0.5, 0.6) is 0 Å². The van der Waals surface area contributed by atoms with Gasteiger partial charge in [0.25, 0.3) is 0 Å². The fraction of sp³-hybridized carbons (Fsp3) is 0.208. The zero-order chi connectivity index (χ0) is 17.8. The van der Waals surface area contributed by atoms with Crippen LogP contribution in [0.1, 0.15) is 18.4 Å². The highest BCUT2D eigenvalue weighted by atomic mass is 16.1. The highest BCUT2D eigenvalue weighted by Crippen LogP contribution is 2.29. The molecule has 0 saturated carbocycles. The molecule has 1 fully saturated rings. The predicted molar refractivity (Wildman–Crippen MR) is 107 cm³/mol. The van der Waals surface area contributed by atoms with Crippen LogP contribution >= 0.6 is 0 Å². The fourth-order valence-electron chi connectivity index (χ4n) is 3.67. The lowest BCUT2D eigenvalue weighted by atomic mass is 9.93. The Morgan fingerprint density at radius 3 is 1.88 bits per heavy atom. The zero-order valence-corrected chi connectivity index (χ0v) is 14.8. The number of ketones is 1. The molecule has 1 heterocycles. The van der Waals surface area contributed by atoms with Crippen molar-refractivity contribution < 1.29 is 4.79 Å². The van der Waals surface area contributed by atoms with Gasteiger partial charge >= 0.3 is 0 Å². The third-order valence-corrected chi connectivity index (χ3v) is 5.03. The maximum Gasteiger partial charge on any atom is 0.154 e. The molecule has 2 heteroatoms. The molecule has 0 radical (unpaired) electrons. The molecule has 26 heavy (non-hydrogen) atoms. The third kappa shape index (κ3) is 3.76. The molecule has 2 nitrogen and oxygen atoms in total. The van der Waals surface area contributed by atoms with E-state index in [2.05, 4.69) is 72.0 Å². The van der Waals surface area contributed by atoms with Gasteiger partial charge in [0, 0.05) is 6.42 Å². The molecule has 1 aliphatic heterocycles. The standard InChI is InChI=1S/C24H23NO/c26-24(23-12-7-13-25-23)16-18-14-21(19-8-3-1-4-9-19)17-22(15-18)20-10-5-2-6-11-20/h1-6,8-11,14-15,17,23,25H,7,12-13,16H2. The summed E-state index contributed by atoms with van der Waals surface area (Å²) < 4.78 is 0. The van der Waals surface area contributed by atoms with Crippen LogP contribution in [0.15, 0.2) is 78.9 Å². The van der Waals surface area contributed by atoms with Crippen LogP contribution in [0.2, 0.25) is 0 Å². The van der Waals surface area contributed by atoms with E-state index in [9.17, 15) is 4.79 Å². The summed E-state index contributed by atoms with van der Waals surface area (Å²) in [5.41, 5.74) is 5.77. The first-order valence-electron chi connectivity index (χ1n) is 9.30. The van der Waals surface area contributed by atoms with Gasteiger partial charge in [0.05, 0.1) is 6.04 Å². The topological polar surface area (TPSA) is 29.1 Å². The molecular formula is C24H23NO. The molecule has 0 spiro atoms. The van der Waals surface area contributed by atoms with Crippen molar-refractivity contribution in [3.8, 4) is 22.3 Å². The van der Waals surface area contributed by atoms with E-state index in [0.29, 0.717) is 12.2 Å². The Morgan fingerprint density at radius 2 is 1.38 bits per heavy atom. The normalized spacial score (nSPS) is 16.5. The average molecular weight is 341 g/mol. The molecule has 1 unspecified atom stereocenters. The number of carbonyl (C=O) groups excluding carboxylic acids is 1. The molecule has 3 aromatic rings. The van der Waals surface area contributed by atoms with Gasteiger partial charge in [-0.05, 0) is 53.3 Å². The predicted octanol–water partition coefficient (Wildman–Crippen LogP) is 4.88.